The summed E-state index contributed by atoms with van der Waals surface area (Å²) in [5, 5.41) is 11.2. The minimum absolute atomic E-state index is 0.0329. The molecule has 0 heterocycles. The zero-order chi connectivity index (χ0) is 15.0. The number of amides is 1. The lowest BCUT2D eigenvalue weighted by Crippen LogP contribution is -2.36. The number of hydrogen-bond donors (Lipinski definition) is 2. The van der Waals surface area contributed by atoms with Crippen LogP contribution in [-0.2, 0) is 9.53 Å². The number of carbonyl (C=O) groups is 1. The van der Waals surface area contributed by atoms with Gasteiger partial charge in [-0.15, -0.1) is 0 Å². The van der Waals surface area contributed by atoms with E-state index in [4.69, 9.17) is 9.84 Å². The quantitative estimate of drug-likeness (QED) is 0.705. The molecule has 1 aliphatic carbocycles. The molecule has 20 heavy (non-hydrogen) atoms. The molecular weight excluding hydrogens is 275 g/mol. The average Bonchev–Trinajstić information content (AvgIpc) is 2.41. The summed E-state index contributed by atoms with van der Waals surface area (Å²) < 4.78 is 42.5. The molecule has 1 fully saturated rings. The highest BCUT2D eigenvalue weighted by molar-refractivity contribution is 5.78. The SMILES string of the molecule is O=C(NCCCOCCO)C1CCC(C(F)(F)F)CC1. The fourth-order valence-electron chi connectivity index (χ4n) is 2.38. The zero-order valence-corrected chi connectivity index (χ0v) is 11.4. The molecule has 1 rings (SSSR count). The van der Waals surface area contributed by atoms with Gasteiger partial charge in [0.25, 0.3) is 0 Å². The molecule has 1 saturated carbocycles. The Morgan fingerprint density at radius 3 is 2.40 bits per heavy atom. The van der Waals surface area contributed by atoms with Crippen LogP contribution in [0.1, 0.15) is 32.1 Å². The molecular formula is C13H22F3NO3. The standard InChI is InChI=1S/C13H22F3NO3/c14-13(15,16)11-4-2-10(3-5-11)12(19)17-6-1-8-20-9-7-18/h10-11,18H,1-9H2,(H,17,19). The van der Waals surface area contributed by atoms with Gasteiger partial charge in [-0.1, -0.05) is 0 Å². The van der Waals surface area contributed by atoms with Crippen molar-refractivity contribution >= 4 is 5.91 Å². The molecule has 0 spiro atoms. The fraction of sp³-hybridized carbons (Fsp3) is 0.923. The Morgan fingerprint density at radius 1 is 1.20 bits per heavy atom. The molecule has 0 radical (unpaired) electrons. The first-order valence-electron chi connectivity index (χ1n) is 6.98. The lowest BCUT2D eigenvalue weighted by molar-refractivity contribution is -0.184. The van der Waals surface area contributed by atoms with E-state index in [1.807, 2.05) is 0 Å². The van der Waals surface area contributed by atoms with Crippen LogP contribution in [0.3, 0.4) is 0 Å². The van der Waals surface area contributed by atoms with Crippen molar-refractivity contribution in [2.45, 2.75) is 38.3 Å². The van der Waals surface area contributed by atoms with Gasteiger partial charge < -0.3 is 15.2 Å². The number of halogens is 3. The van der Waals surface area contributed by atoms with Crippen LogP contribution in [-0.4, -0.2) is 43.6 Å². The summed E-state index contributed by atoms with van der Waals surface area (Å²) in [7, 11) is 0. The first-order valence-corrected chi connectivity index (χ1v) is 6.98. The third-order valence-corrected chi connectivity index (χ3v) is 3.56. The van der Waals surface area contributed by atoms with Crippen LogP contribution < -0.4 is 5.32 Å². The topological polar surface area (TPSA) is 58.6 Å². The fourth-order valence-corrected chi connectivity index (χ4v) is 2.38. The molecule has 0 aliphatic heterocycles. The molecule has 7 heteroatoms. The zero-order valence-electron chi connectivity index (χ0n) is 11.4. The van der Waals surface area contributed by atoms with Crippen molar-refractivity contribution in [2.75, 3.05) is 26.4 Å². The van der Waals surface area contributed by atoms with Gasteiger partial charge in [0.05, 0.1) is 19.1 Å². The summed E-state index contributed by atoms with van der Waals surface area (Å²) in [4.78, 5) is 11.8. The molecule has 4 nitrogen and oxygen atoms in total. The number of rotatable bonds is 7. The van der Waals surface area contributed by atoms with Gasteiger partial charge in [-0.3, -0.25) is 4.79 Å². The van der Waals surface area contributed by atoms with Crippen molar-refractivity contribution in [1.29, 1.82) is 0 Å². The van der Waals surface area contributed by atoms with E-state index in [9.17, 15) is 18.0 Å². The van der Waals surface area contributed by atoms with E-state index in [-0.39, 0.29) is 37.9 Å². The Balaban J connectivity index is 2.13. The highest BCUT2D eigenvalue weighted by atomic mass is 19.4. The number of carbonyl (C=O) groups excluding carboxylic acids is 1. The van der Waals surface area contributed by atoms with Gasteiger partial charge in [-0.2, -0.15) is 13.2 Å². The van der Waals surface area contributed by atoms with E-state index < -0.39 is 12.1 Å². The largest absolute Gasteiger partial charge is 0.394 e. The minimum atomic E-state index is -4.13. The van der Waals surface area contributed by atoms with Gasteiger partial charge >= 0.3 is 6.18 Å². The van der Waals surface area contributed by atoms with Crippen molar-refractivity contribution in [1.82, 2.24) is 5.32 Å². The van der Waals surface area contributed by atoms with Crippen LogP contribution in [0.25, 0.3) is 0 Å². The highest BCUT2D eigenvalue weighted by Crippen LogP contribution is 2.39. The van der Waals surface area contributed by atoms with Crippen LogP contribution >= 0.6 is 0 Å². The molecule has 0 bridgehead atoms. The van der Waals surface area contributed by atoms with Gasteiger partial charge in [0, 0.05) is 19.1 Å². The number of aliphatic hydroxyl groups excluding tert-OH is 1. The summed E-state index contributed by atoms with van der Waals surface area (Å²) in [5.41, 5.74) is 0. The monoisotopic (exact) mass is 297 g/mol. The van der Waals surface area contributed by atoms with E-state index >= 15 is 0 Å². The number of nitrogens with one attached hydrogen (secondary N) is 1. The van der Waals surface area contributed by atoms with E-state index in [2.05, 4.69) is 5.32 Å². The normalized spacial score (nSPS) is 23.6. The molecule has 2 N–H and O–H groups in total. The summed E-state index contributed by atoms with van der Waals surface area (Å²) in [6, 6.07) is 0. The maximum Gasteiger partial charge on any atom is 0.391 e. The highest BCUT2D eigenvalue weighted by Gasteiger charge is 2.42. The van der Waals surface area contributed by atoms with Crippen molar-refractivity contribution < 1.29 is 27.8 Å². The Hall–Kier alpha value is -0.820. The molecule has 0 aromatic heterocycles. The molecule has 118 valence electrons. The first-order chi connectivity index (χ1) is 9.45. The molecule has 0 saturated heterocycles. The van der Waals surface area contributed by atoms with Crippen LogP contribution in [0.15, 0.2) is 0 Å². The lowest BCUT2D eigenvalue weighted by Gasteiger charge is -2.29. The summed E-state index contributed by atoms with van der Waals surface area (Å²) >= 11 is 0. The Kier molecular flexibility index (Phi) is 7.29. The van der Waals surface area contributed by atoms with E-state index in [1.165, 1.54) is 0 Å². The maximum absolute atomic E-state index is 12.5. The lowest BCUT2D eigenvalue weighted by atomic mass is 9.81. The Bertz CT molecular complexity index is 289. The summed E-state index contributed by atoms with van der Waals surface area (Å²) in [6.07, 6.45) is -2.81. The molecule has 0 unspecified atom stereocenters. The molecule has 0 aromatic carbocycles. The third kappa shape index (κ3) is 6.09. The smallest absolute Gasteiger partial charge is 0.391 e. The third-order valence-electron chi connectivity index (χ3n) is 3.56. The molecule has 1 amide bonds. The summed E-state index contributed by atoms with van der Waals surface area (Å²) in [5.74, 6) is -1.71. The Labute approximate surface area is 116 Å². The predicted octanol–water partition coefficient (Wildman–Crippen LogP) is 1.87. The van der Waals surface area contributed by atoms with Crippen LogP contribution in [0.4, 0.5) is 13.2 Å². The number of alkyl halides is 3. The molecule has 1 aliphatic rings. The van der Waals surface area contributed by atoms with E-state index in [0.29, 0.717) is 32.4 Å². The van der Waals surface area contributed by atoms with E-state index in [0.717, 1.165) is 0 Å². The van der Waals surface area contributed by atoms with E-state index in [1.54, 1.807) is 0 Å². The Morgan fingerprint density at radius 2 is 1.85 bits per heavy atom. The number of hydrogen-bond acceptors (Lipinski definition) is 3. The van der Waals surface area contributed by atoms with Crippen molar-refractivity contribution in [3.05, 3.63) is 0 Å². The van der Waals surface area contributed by atoms with Gasteiger partial charge in [0.2, 0.25) is 5.91 Å². The second kappa shape index (κ2) is 8.46. The molecule has 0 atom stereocenters. The second-order valence-electron chi connectivity index (χ2n) is 5.07. The maximum atomic E-state index is 12.5. The number of ether oxygens (including phenoxy) is 1. The second-order valence-corrected chi connectivity index (χ2v) is 5.07. The van der Waals surface area contributed by atoms with Crippen LogP contribution in [0, 0.1) is 11.8 Å². The van der Waals surface area contributed by atoms with Gasteiger partial charge in [0.15, 0.2) is 0 Å². The average molecular weight is 297 g/mol. The van der Waals surface area contributed by atoms with Crippen molar-refractivity contribution in [3.63, 3.8) is 0 Å². The van der Waals surface area contributed by atoms with Gasteiger partial charge in [-0.25, -0.2) is 0 Å². The number of aliphatic hydroxyl groups is 1. The van der Waals surface area contributed by atoms with Crippen LogP contribution in [0.2, 0.25) is 0 Å². The van der Waals surface area contributed by atoms with Crippen molar-refractivity contribution in [2.24, 2.45) is 11.8 Å². The van der Waals surface area contributed by atoms with Crippen LogP contribution in [0.5, 0.6) is 0 Å². The summed E-state index contributed by atoms with van der Waals surface area (Å²) in [6.45, 7) is 1.13. The van der Waals surface area contributed by atoms with Gasteiger partial charge in [-0.05, 0) is 32.1 Å². The predicted molar refractivity (Wildman–Crippen MR) is 67.0 cm³/mol. The molecule has 0 aromatic rings. The van der Waals surface area contributed by atoms with Crippen molar-refractivity contribution in [3.8, 4) is 0 Å². The minimum Gasteiger partial charge on any atom is -0.394 e. The first kappa shape index (κ1) is 17.2. The van der Waals surface area contributed by atoms with Gasteiger partial charge in [0.1, 0.15) is 0 Å².